The van der Waals surface area contributed by atoms with Crippen molar-refractivity contribution < 1.29 is 14.3 Å². The van der Waals surface area contributed by atoms with Gasteiger partial charge >= 0.3 is 0 Å². The molecule has 1 aromatic heterocycles. The van der Waals surface area contributed by atoms with Crippen LogP contribution in [0, 0.1) is 0 Å². The number of benzene rings is 1. The number of aromatic nitrogens is 1. The molecule has 0 aliphatic carbocycles. The van der Waals surface area contributed by atoms with Gasteiger partial charge in [-0.05, 0) is 11.5 Å². The molecule has 1 amide bonds. The summed E-state index contributed by atoms with van der Waals surface area (Å²) in [7, 11) is 3.05. The zero-order valence-electron chi connectivity index (χ0n) is 10.9. The molecule has 100 valence electrons. The van der Waals surface area contributed by atoms with Gasteiger partial charge in [0.25, 0.3) is 5.91 Å². The van der Waals surface area contributed by atoms with Crippen molar-refractivity contribution in [3.63, 3.8) is 0 Å². The highest BCUT2D eigenvalue weighted by atomic mass is 16.7. The van der Waals surface area contributed by atoms with Crippen LogP contribution in [0.15, 0.2) is 36.5 Å². The highest BCUT2D eigenvalue weighted by Gasteiger charge is 2.13. The van der Waals surface area contributed by atoms with Gasteiger partial charge in [0.05, 0.1) is 6.54 Å². The van der Waals surface area contributed by atoms with Crippen molar-refractivity contribution in [2.75, 3.05) is 20.8 Å². The average Bonchev–Trinajstić information content (AvgIpc) is 2.47. The number of methoxy groups -OCH3 is 2. The number of nitrogens with zero attached hydrogens (tertiary/aromatic N) is 1. The molecule has 1 heterocycles. The molecule has 2 rings (SSSR count). The van der Waals surface area contributed by atoms with Gasteiger partial charge in [0.2, 0.25) is 0 Å². The summed E-state index contributed by atoms with van der Waals surface area (Å²) in [4.78, 5) is 16.3. The van der Waals surface area contributed by atoms with E-state index < -0.39 is 6.29 Å². The number of fused-ring (bicyclic) bond motifs is 1. The molecule has 0 saturated heterocycles. The van der Waals surface area contributed by atoms with Crippen LogP contribution in [0.5, 0.6) is 0 Å². The number of carbonyl (C=O) groups excluding carboxylic acids is 1. The lowest BCUT2D eigenvalue weighted by atomic mass is 10.1. The average molecular weight is 260 g/mol. The SMILES string of the molecule is COC(CNC(=O)c1nccc2ccccc12)OC. The number of pyridine rings is 1. The molecule has 0 aliphatic rings. The summed E-state index contributed by atoms with van der Waals surface area (Å²) in [6, 6.07) is 9.51. The van der Waals surface area contributed by atoms with Gasteiger partial charge in [-0.1, -0.05) is 24.3 Å². The van der Waals surface area contributed by atoms with Gasteiger partial charge in [-0.3, -0.25) is 9.78 Å². The summed E-state index contributed by atoms with van der Waals surface area (Å²) in [5.74, 6) is -0.240. The molecule has 0 bridgehead atoms. The molecule has 0 aliphatic heterocycles. The van der Waals surface area contributed by atoms with E-state index in [0.717, 1.165) is 10.8 Å². The lowest BCUT2D eigenvalue weighted by Gasteiger charge is -2.14. The Bertz CT molecular complexity index is 562. The van der Waals surface area contributed by atoms with Gasteiger partial charge < -0.3 is 14.8 Å². The summed E-state index contributed by atoms with van der Waals surface area (Å²) in [5.41, 5.74) is 0.407. The van der Waals surface area contributed by atoms with Gasteiger partial charge in [0.15, 0.2) is 6.29 Å². The van der Waals surface area contributed by atoms with E-state index in [2.05, 4.69) is 10.3 Å². The summed E-state index contributed by atoms with van der Waals surface area (Å²) < 4.78 is 10.0. The van der Waals surface area contributed by atoms with E-state index in [1.54, 1.807) is 6.20 Å². The topological polar surface area (TPSA) is 60.5 Å². The van der Waals surface area contributed by atoms with E-state index in [-0.39, 0.29) is 12.5 Å². The van der Waals surface area contributed by atoms with E-state index in [0.29, 0.717) is 5.69 Å². The van der Waals surface area contributed by atoms with Crippen LogP contribution in [0.3, 0.4) is 0 Å². The Balaban J connectivity index is 2.17. The van der Waals surface area contributed by atoms with Gasteiger partial charge in [0, 0.05) is 25.8 Å². The normalized spacial score (nSPS) is 10.9. The Morgan fingerprint density at radius 1 is 1.26 bits per heavy atom. The minimum Gasteiger partial charge on any atom is -0.354 e. The molecule has 0 unspecified atom stereocenters. The van der Waals surface area contributed by atoms with E-state index in [1.807, 2.05) is 30.3 Å². The molecular weight excluding hydrogens is 244 g/mol. The highest BCUT2D eigenvalue weighted by Crippen LogP contribution is 2.15. The lowest BCUT2D eigenvalue weighted by molar-refractivity contribution is -0.0974. The molecule has 0 spiro atoms. The highest BCUT2D eigenvalue weighted by molar-refractivity contribution is 6.05. The first-order valence-electron chi connectivity index (χ1n) is 5.93. The van der Waals surface area contributed by atoms with Gasteiger partial charge in [-0.2, -0.15) is 0 Å². The number of amides is 1. The molecule has 0 radical (unpaired) electrons. The van der Waals surface area contributed by atoms with Crippen LogP contribution >= 0.6 is 0 Å². The second-order valence-corrected chi connectivity index (χ2v) is 3.99. The van der Waals surface area contributed by atoms with Crippen LogP contribution in [-0.2, 0) is 9.47 Å². The predicted molar refractivity (Wildman–Crippen MR) is 71.9 cm³/mol. The third kappa shape index (κ3) is 3.07. The number of hydrogen-bond donors (Lipinski definition) is 1. The Labute approximate surface area is 111 Å². The van der Waals surface area contributed by atoms with Crippen molar-refractivity contribution >= 4 is 16.7 Å². The van der Waals surface area contributed by atoms with E-state index in [1.165, 1.54) is 14.2 Å². The molecule has 5 heteroatoms. The first-order valence-corrected chi connectivity index (χ1v) is 5.93. The van der Waals surface area contributed by atoms with Crippen molar-refractivity contribution in [2.24, 2.45) is 0 Å². The summed E-state index contributed by atoms with van der Waals surface area (Å²) in [6.45, 7) is 0.275. The molecule has 5 nitrogen and oxygen atoms in total. The zero-order valence-corrected chi connectivity index (χ0v) is 10.9. The van der Waals surface area contributed by atoms with Crippen LogP contribution < -0.4 is 5.32 Å². The third-order valence-corrected chi connectivity index (χ3v) is 2.84. The lowest BCUT2D eigenvalue weighted by Crippen LogP contribution is -2.34. The largest absolute Gasteiger partial charge is 0.354 e. The van der Waals surface area contributed by atoms with Gasteiger partial charge in [-0.25, -0.2) is 0 Å². The first kappa shape index (κ1) is 13.5. The Morgan fingerprint density at radius 2 is 2.00 bits per heavy atom. The summed E-state index contributed by atoms with van der Waals surface area (Å²) in [6.07, 6.45) is 1.17. The Morgan fingerprint density at radius 3 is 2.74 bits per heavy atom. The van der Waals surface area contributed by atoms with Crippen molar-refractivity contribution in [3.8, 4) is 0 Å². The predicted octanol–water partition coefficient (Wildman–Crippen LogP) is 1.58. The zero-order chi connectivity index (χ0) is 13.7. The fourth-order valence-electron chi connectivity index (χ4n) is 1.82. The van der Waals surface area contributed by atoms with Crippen molar-refractivity contribution in [1.29, 1.82) is 0 Å². The van der Waals surface area contributed by atoms with E-state index in [4.69, 9.17) is 9.47 Å². The number of carbonyl (C=O) groups is 1. The molecular formula is C14H16N2O3. The van der Waals surface area contributed by atoms with Crippen LogP contribution in [-0.4, -0.2) is 37.9 Å². The summed E-state index contributed by atoms with van der Waals surface area (Å²) >= 11 is 0. The quantitative estimate of drug-likeness (QED) is 0.829. The van der Waals surface area contributed by atoms with Crippen LogP contribution in [0.2, 0.25) is 0 Å². The van der Waals surface area contributed by atoms with Gasteiger partial charge in [0.1, 0.15) is 5.69 Å². The number of hydrogen-bond acceptors (Lipinski definition) is 4. The second kappa shape index (κ2) is 6.26. The fraction of sp³-hybridized carbons (Fsp3) is 0.286. The molecule has 0 saturated carbocycles. The van der Waals surface area contributed by atoms with Crippen molar-refractivity contribution in [3.05, 3.63) is 42.2 Å². The molecule has 0 fully saturated rings. The minimum absolute atomic E-state index is 0.240. The number of nitrogens with one attached hydrogen (secondary N) is 1. The molecule has 1 N–H and O–H groups in total. The smallest absolute Gasteiger partial charge is 0.270 e. The second-order valence-electron chi connectivity index (χ2n) is 3.99. The molecule has 19 heavy (non-hydrogen) atoms. The van der Waals surface area contributed by atoms with E-state index >= 15 is 0 Å². The molecule has 0 atom stereocenters. The van der Waals surface area contributed by atoms with Crippen LogP contribution in [0.4, 0.5) is 0 Å². The van der Waals surface area contributed by atoms with E-state index in [9.17, 15) is 4.79 Å². The standard InChI is InChI=1S/C14H16N2O3/c1-18-12(19-2)9-16-14(17)13-11-6-4-3-5-10(11)7-8-15-13/h3-8,12H,9H2,1-2H3,(H,16,17). The Kier molecular flexibility index (Phi) is 4.43. The summed E-state index contributed by atoms with van der Waals surface area (Å²) in [5, 5.41) is 4.55. The maximum absolute atomic E-state index is 12.1. The van der Waals surface area contributed by atoms with Crippen molar-refractivity contribution in [1.82, 2.24) is 10.3 Å². The van der Waals surface area contributed by atoms with Crippen LogP contribution in [0.1, 0.15) is 10.5 Å². The third-order valence-electron chi connectivity index (χ3n) is 2.84. The molecule has 1 aromatic carbocycles. The fourth-order valence-corrected chi connectivity index (χ4v) is 1.82. The van der Waals surface area contributed by atoms with Crippen molar-refractivity contribution in [2.45, 2.75) is 6.29 Å². The first-order chi connectivity index (χ1) is 9.26. The monoisotopic (exact) mass is 260 g/mol. The molecule has 2 aromatic rings. The number of ether oxygens (including phenoxy) is 2. The minimum atomic E-state index is -0.459. The maximum Gasteiger partial charge on any atom is 0.270 e. The van der Waals surface area contributed by atoms with Gasteiger partial charge in [-0.15, -0.1) is 0 Å². The Hall–Kier alpha value is -1.98. The van der Waals surface area contributed by atoms with Crippen LogP contribution in [0.25, 0.3) is 10.8 Å². The number of rotatable bonds is 5. The maximum atomic E-state index is 12.1.